The van der Waals surface area contributed by atoms with Gasteiger partial charge in [0.1, 0.15) is 11.6 Å². The Kier molecular flexibility index (Phi) is 4.62. The first kappa shape index (κ1) is 15.5. The normalized spacial score (nSPS) is 11.2. The third-order valence-electron chi connectivity index (χ3n) is 3.48. The van der Waals surface area contributed by atoms with Crippen molar-refractivity contribution in [3.63, 3.8) is 0 Å². The molecule has 2 heterocycles. The van der Waals surface area contributed by atoms with Crippen molar-refractivity contribution >= 4 is 28.5 Å². The van der Waals surface area contributed by atoms with Crippen LogP contribution in [0.5, 0.6) is 0 Å². The lowest BCUT2D eigenvalue weighted by atomic mass is 10.1. The molecule has 0 amide bonds. The van der Waals surface area contributed by atoms with Crippen molar-refractivity contribution in [1.29, 1.82) is 0 Å². The second-order valence-corrected chi connectivity index (χ2v) is 5.22. The van der Waals surface area contributed by atoms with E-state index in [1.165, 1.54) is 4.57 Å². The van der Waals surface area contributed by atoms with E-state index in [9.17, 15) is 14.4 Å². The van der Waals surface area contributed by atoms with E-state index in [1.54, 1.807) is 18.7 Å². The first-order valence-corrected chi connectivity index (χ1v) is 7.21. The van der Waals surface area contributed by atoms with Crippen molar-refractivity contribution in [1.82, 2.24) is 19.1 Å². The number of carbonyl (C=O) groups is 1. The maximum Gasteiger partial charge on any atom is 0.329 e. The molecule has 2 rings (SSSR count). The number of aromatic amines is 1. The molecule has 0 aliphatic heterocycles. The smallest absolute Gasteiger partial charge is 0.325 e. The molecule has 0 aliphatic rings. The van der Waals surface area contributed by atoms with Crippen LogP contribution in [0.3, 0.4) is 0 Å². The maximum atomic E-state index is 11.9. The molecular weight excluding hydrogens is 296 g/mol. The summed E-state index contributed by atoms with van der Waals surface area (Å²) in [5.74, 6) is 0.791. The van der Waals surface area contributed by atoms with E-state index in [2.05, 4.69) is 9.97 Å². The van der Waals surface area contributed by atoms with E-state index in [1.807, 2.05) is 0 Å². The molecule has 0 aromatic carbocycles. The summed E-state index contributed by atoms with van der Waals surface area (Å²) >= 11 is 5.44. The minimum Gasteiger partial charge on any atom is -0.325 e. The van der Waals surface area contributed by atoms with Crippen LogP contribution in [0.2, 0.25) is 0 Å². The molecule has 0 aliphatic carbocycles. The molecule has 1 N–H and O–H groups in total. The molecule has 2 aromatic heterocycles. The number of nitrogens with one attached hydrogen (secondary N) is 1. The van der Waals surface area contributed by atoms with Crippen LogP contribution in [0.4, 0.5) is 0 Å². The van der Waals surface area contributed by atoms with Crippen LogP contribution >= 0.6 is 11.6 Å². The summed E-state index contributed by atoms with van der Waals surface area (Å²) < 4.78 is 3.01. The number of carbonyl (C=O) groups excluding carboxylic acids is 1. The summed E-state index contributed by atoms with van der Waals surface area (Å²) in [7, 11) is 3.31. The molecule has 0 radical (unpaired) electrons. The molecule has 0 atom stereocenters. The SMILES string of the molecule is Cn1c(CCCCC(=O)CCl)nc2c1c(=O)[nH]c(=O)n2C. The first-order valence-electron chi connectivity index (χ1n) is 6.68. The molecule has 2 aromatic rings. The van der Waals surface area contributed by atoms with Gasteiger partial charge in [-0.05, 0) is 12.8 Å². The van der Waals surface area contributed by atoms with Crippen molar-refractivity contribution in [2.75, 3.05) is 5.88 Å². The third kappa shape index (κ3) is 3.07. The predicted molar refractivity (Wildman–Crippen MR) is 79.9 cm³/mol. The van der Waals surface area contributed by atoms with Gasteiger partial charge in [-0.2, -0.15) is 0 Å². The molecule has 7 nitrogen and oxygen atoms in total. The Morgan fingerprint density at radius 1 is 1.24 bits per heavy atom. The zero-order chi connectivity index (χ0) is 15.6. The number of hydrogen-bond donors (Lipinski definition) is 1. The first-order chi connectivity index (χ1) is 9.95. The van der Waals surface area contributed by atoms with E-state index in [0.717, 1.165) is 18.7 Å². The topological polar surface area (TPSA) is 89.8 Å². The van der Waals surface area contributed by atoms with Crippen LogP contribution in [-0.4, -0.2) is 30.8 Å². The Morgan fingerprint density at radius 2 is 1.95 bits per heavy atom. The molecule has 0 fully saturated rings. The number of fused-ring (bicyclic) bond motifs is 1. The Bertz CT molecular complexity index is 787. The lowest BCUT2D eigenvalue weighted by Gasteiger charge is -2.01. The van der Waals surface area contributed by atoms with Gasteiger partial charge in [-0.15, -0.1) is 11.6 Å². The molecular formula is C13H17ClN4O3. The quantitative estimate of drug-likeness (QED) is 0.620. The molecule has 8 heteroatoms. The van der Waals surface area contributed by atoms with Gasteiger partial charge < -0.3 is 4.57 Å². The summed E-state index contributed by atoms with van der Waals surface area (Å²) in [6.45, 7) is 0. The summed E-state index contributed by atoms with van der Waals surface area (Å²) in [6.07, 6.45) is 2.58. The highest BCUT2D eigenvalue weighted by Crippen LogP contribution is 2.11. The highest BCUT2D eigenvalue weighted by Gasteiger charge is 2.14. The van der Waals surface area contributed by atoms with E-state index in [4.69, 9.17) is 11.6 Å². The van der Waals surface area contributed by atoms with Gasteiger partial charge in [0.05, 0.1) is 5.88 Å². The van der Waals surface area contributed by atoms with Crippen molar-refractivity contribution in [3.05, 3.63) is 26.7 Å². The van der Waals surface area contributed by atoms with E-state index < -0.39 is 11.2 Å². The van der Waals surface area contributed by atoms with Crippen molar-refractivity contribution in [3.8, 4) is 0 Å². The number of hydrogen-bond acceptors (Lipinski definition) is 4. The maximum absolute atomic E-state index is 11.9. The van der Waals surface area contributed by atoms with Gasteiger partial charge in [0.2, 0.25) is 0 Å². The summed E-state index contributed by atoms with van der Waals surface area (Å²) in [6, 6.07) is 0. The standard InChI is InChI=1S/C13H17ClN4O3/c1-17-9(6-4-3-5-8(19)7-14)15-11-10(17)12(20)16-13(21)18(11)2/h3-7H2,1-2H3,(H,16,20,21). The number of ketones is 1. The van der Waals surface area contributed by atoms with Gasteiger partial charge in [-0.25, -0.2) is 9.78 Å². The van der Waals surface area contributed by atoms with Gasteiger partial charge in [-0.3, -0.25) is 19.1 Å². The van der Waals surface area contributed by atoms with E-state index >= 15 is 0 Å². The van der Waals surface area contributed by atoms with Gasteiger partial charge >= 0.3 is 5.69 Å². The monoisotopic (exact) mass is 312 g/mol. The fraction of sp³-hybridized carbons (Fsp3) is 0.538. The Balaban J connectivity index is 2.22. The average molecular weight is 313 g/mol. The second-order valence-electron chi connectivity index (χ2n) is 4.96. The number of aromatic nitrogens is 4. The largest absolute Gasteiger partial charge is 0.329 e. The second kappa shape index (κ2) is 6.26. The fourth-order valence-electron chi connectivity index (χ4n) is 2.25. The molecule has 21 heavy (non-hydrogen) atoms. The van der Waals surface area contributed by atoms with Crippen molar-refractivity contribution in [2.24, 2.45) is 14.1 Å². The molecule has 0 saturated carbocycles. The van der Waals surface area contributed by atoms with E-state index in [-0.39, 0.29) is 11.7 Å². The number of Topliss-reactive ketones (excluding diaryl/α,β-unsaturated/α-hetero) is 1. The molecule has 0 bridgehead atoms. The van der Waals surface area contributed by atoms with Gasteiger partial charge in [0, 0.05) is 26.9 Å². The van der Waals surface area contributed by atoms with Gasteiger partial charge in [0.25, 0.3) is 5.56 Å². The average Bonchev–Trinajstić information content (AvgIpc) is 2.78. The number of H-pyrrole nitrogens is 1. The molecule has 0 saturated heterocycles. The van der Waals surface area contributed by atoms with Crippen LogP contribution in [0.15, 0.2) is 9.59 Å². The number of rotatable bonds is 6. The summed E-state index contributed by atoms with van der Waals surface area (Å²) in [5, 5.41) is 0. The van der Waals surface area contributed by atoms with Crippen molar-refractivity contribution in [2.45, 2.75) is 25.7 Å². The lowest BCUT2D eigenvalue weighted by molar-refractivity contribution is -0.116. The molecule has 114 valence electrons. The number of nitrogens with zero attached hydrogens (tertiary/aromatic N) is 3. The number of halogens is 1. The minimum atomic E-state index is -0.482. The van der Waals surface area contributed by atoms with Crippen LogP contribution in [0.25, 0.3) is 11.2 Å². The van der Waals surface area contributed by atoms with Crippen molar-refractivity contribution < 1.29 is 4.79 Å². The number of alkyl halides is 1. The number of unbranched alkanes of at least 4 members (excludes halogenated alkanes) is 1. The summed E-state index contributed by atoms with van der Waals surface area (Å²) in [4.78, 5) is 41.1. The van der Waals surface area contributed by atoms with Crippen LogP contribution in [-0.2, 0) is 25.3 Å². The zero-order valence-electron chi connectivity index (χ0n) is 12.0. The van der Waals surface area contributed by atoms with E-state index in [0.29, 0.717) is 24.0 Å². The Hall–Kier alpha value is -1.89. The Labute approximate surface area is 125 Å². The van der Waals surface area contributed by atoms with Crippen LogP contribution in [0.1, 0.15) is 25.1 Å². The fourth-order valence-corrected chi connectivity index (χ4v) is 2.38. The predicted octanol–water partition coefficient (Wildman–Crippen LogP) is 0.481. The zero-order valence-corrected chi connectivity index (χ0v) is 12.7. The van der Waals surface area contributed by atoms with Gasteiger partial charge in [0.15, 0.2) is 11.2 Å². The van der Waals surface area contributed by atoms with Crippen LogP contribution < -0.4 is 11.2 Å². The van der Waals surface area contributed by atoms with Gasteiger partial charge in [-0.1, -0.05) is 0 Å². The van der Waals surface area contributed by atoms with Crippen LogP contribution in [0, 0.1) is 0 Å². The Morgan fingerprint density at radius 3 is 2.62 bits per heavy atom. The third-order valence-corrected chi connectivity index (χ3v) is 3.78. The molecule has 0 unspecified atom stereocenters. The minimum absolute atomic E-state index is 0.0282. The highest BCUT2D eigenvalue weighted by molar-refractivity contribution is 6.27. The highest BCUT2D eigenvalue weighted by atomic mass is 35.5. The number of aryl methyl sites for hydroxylation is 3. The summed E-state index contributed by atoms with van der Waals surface area (Å²) in [5.41, 5.74) is -0.168. The number of imidazole rings is 1. The molecule has 0 spiro atoms. The lowest BCUT2D eigenvalue weighted by Crippen LogP contribution is -2.29.